The van der Waals surface area contributed by atoms with Crippen LogP contribution in [-0.4, -0.2) is 11.2 Å². The maximum absolute atomic E-state index is 9.04. The second-order valence-corrected chi connectivity index (χ2v) is 3.08. The molecule has 1 nitrogen and oxygen atoms in total. The quantitative estimate of drug-likeness (QED) is 0.463. The van der Waals surface area contributed by atoms with Crippen molar-refractivity contribution in [2.24, 2.45) is 5.41 Å². The molecule has 0 saturated carbocycles. The van der Waals surface area contributed by atoms with Gasteiger partial charge in [0.2, 0.25) is 0 Å². The average molecular weight is 138 g/mol. The Morgan fingerprint density at radius 3 is 2.60 bits per heavy atom. The van der Waals surface area contributed by atoms with Gasteiger partial charge < -0.3 is 5.11 Å². The van der Waals surface area contributed by atoms with Crippen LogP contribution in [0.1, 0.15) is 20.3 Å². The zero-order valence-corrected chi connectivity index (χ0v) is 6.59. The van der Waals surface area contributed by atoms with Crippen molar-refractivity contribution < 1.29 is 5.11 Å². The molecule has 1 heteroatoms. The molecule has 1 unspecified atom stereocenters. The van der Waals surface area contributed by atoms with E-state index in [0.717, 1.165) is 0 Å². The Labute approximate surface area is 62.8 Å². The van der Waals surface area contributed by atoms with Gasteiger partial charge in [-0.25, -0.2) is 0 Å². The van der Waals surface area contributed by atoms with Crippen LogP contribution >= 0.6 is 0 Å². The molecule has 0 rings (SSSR count). The molecule has 0 aliphatic carbocycles. The highest BCUT2D eigenvalue weighted by Crippen LogP contribution is 2.22. The summed E-state index contributed by atoms with van der Waals surface area (Å²) < 4.78 is 0. The van der Waals surface area contributed by atoms with Gasteiger partial charge in [-0.15, -0.1) is 13.0 Å². The lowest BCUT2D eigenvalue weighted by molar-refractivity contribution is 0.182. The van der Waals surface area contributed by atoms with Crippen LogP contribution in [0.4, 0.5) is 0 Å². The molecule has 1 atom stereocenters. The first-order chi connectivity index (χ1) is 4.52. The minimum atomic E-state index is -0.645. The smallest absolute Gasteiger partial charge is 0.115 e. The number of rotatable bonds is 3. The molecule has 0 spiro atoms. The lowest BCUT2D eigenvalue weighted by Gasteiger charge is -2.20. The van der Waals surface area contributed by atoms with Gasteiger partial charge in [0.1, 0.15) is 6.10 Å². The summed E-state index contributed by atoms with van der Waals surface area (Å²) in [5.41, 5.74) is -0.0637. The number of aliphatic hydroxyl groups is 1. The molecule has 0 heterocycles. The van der Waals surface area contributed by atoms with Gasteiger partial charge >= 0.3 is 0 Å². The van der Waals surface area contributed by atoms with Gasteiger partial charge in [0.15, 0.2) is 0 Å². The lowest BCUT2D eigenvalue weighted by Crippen LogP contribution is -2.16. The van der Waals surface area contributed by atoms with Crippen LogP contribution in [0.15, 0.2) is 12.7 Å². The number of terminal acetylenes is 1. The first-order valence-electron chi connectivity index (χ1n) is 3.29. The molecule has 0 aromatic carbocycles. The monoisotopic (exact) mass is 138 g/mol. The molecule has 10 heavy (non-hydrogen) atoms. The molecule has 0 aliphatic rings. The van der Waals surface area contributed by atoms with Crippen molar-refractivity contribution in [3.63, 3.8) is 0 Å². The summed E-state index contributed by atoms with van der Waals surface area (Å²) in [6.45, 7) is 7.61. The fourth-order valence-corrected chi connectivity index (χ4v) is 0.641. The molecule has 56 valence electrons. The van der Waals surface area contributed by atoms with Crippen LogP contribution in [0.3, 0.4) is 0 Å². The second-order valence-electron chi connectivity index (χ2n) is 3.08. The topological polar surface area (TPSA) is 20.2 Å². The summed E-state index contributed by atoms with van der Waals surface area (Å²) in [6, 6.07) is 0. The third-order valence-electron chi connectivity index (χ3n) is 1.46. The Balaban J connectivity index is 3.90. The van der Waals surface area contributed by atoms with Crippen molar-refractivity contribution in [2.45, 2.75) is 26.4 Å². The van der Waals surface area contributed by atoms with Crippen molar-refractivity contribution in [1.82, 2.24) is 0 Å². The van der Waals surface area contributed by atoms with E-state index in [1.807, 2.05) is 13.8 Å². The number of aliphatic hydroxyl groups excluding tert-OH is 1. The van der Waals surface area contributed by atoms with Gasteiger partial charge in [-0.05, 0) is 11.8 Å². The summed E-state index contributed by atoms with van der Waals surface area (Å²) in [4.78, 5) is 0. The fraction of sp³-hybridized carbons (Fsp3) is 0.556. The summed E-state index contributed by atoms with van der Waals surface area (Å²) in [5.74, 6) is 2.26. The Bertz CT molecular complexity index is 151. The number of hydrogen-bond acceptors (Lipinski definition) is 1. The number of allylic oxidation sites excluding steroid dienone is 1. The molecule has 0 amide bonds. The molecule has 0 aromatic rings. The molecular weight excluding hydrogens is 124 g/mol. The number of hydrogen-bond donors (Lipinski definition) is 1. The van der Waals surface area contributed by atoms with E-state index in [1.165, 1.54) is 0 Å². The first kappa shape index (κ1) is 9.26. The van der Waals surface area contributed by atoms with Gasteiger partial charge in [0.25, 0.3) is 0 Å². The Morgan fingerprint density at radius 2 is 2.30 bits per heavy atom. The summed E-state index contributed by atoms with van der Waals surface area (Å²) >= 11 is 0. The zero-order chi connectivity index (χ0) is 8.20. The Kier molecular flexibility index (Phi) is 3.18. The summed E-state index contributed by atoms with van der Waals surface area (Å²) in [5, 5.41) is 9.04. The molecule has 0 fully saturated rings. The van der Waals surface area contributed by atoms with E-state index in [1.54, 1.807) is 6.08 Å². The van der Waals surface area contributed by atoms with Crippen LogP contribution in [0.25, 0.3) is 0 Å². The van der Waals surface area contributed by atoms with Gasteiger partial charge in [0.05, 0.1) is 0 Å². The lowest BCUT2D eigenvalue weighted by atomic mass is 9.87. The largest absolute Gasteiger partial charge is 0.380 e. The van der Waals surface area contributed by atoms with Gasteiger partial charge in [-0.3, -0.25) is 0 Å². The van der Waals surface area contributed by atoms with E-state index in [9.17, 15) is 0 Å². The van der Waals surface area contributed by atoms with Gasteiger partial charge in [0, 0.05) is 0 Å². The van der Waals surface area contributed by atoms with E-state index >= 15 is 0 Å². The molecule has 1 N–H and O–H groups in total. The van der Waals surface area contributed by atoms with Crippen molar-refractivity contribution in [2.75, 3.05) is 0 Å². The third kappa shape index (κ3) is 3.32. The van der Waals surface area contributed by atoms with E-state index < -0.39 is 6.10 Å². The van der Waals surface area contributed by atoms with E-state index in [2.05, 4.69) is 12.5 Å². The Hall–Kier alpha value is -0.740. The van der Waals surface area contributed by atoms with Crippen LogP contribution in [-0.2, 0) is 0 Å². The van der Waals surface area contributed by atoms with Crippen molar-refractivity contribution in [3.8, 4) is 12.3 Å². The third-order valence-corrected chi connectivity index (χ3v) is 1.46. The fourth-order valence-electron chi connectivity index (χ4n) is 0.641. The van der Waals surface area contributed by atoms with Crippen LogP contribution in [0.2, 0.25) is 0 Å². The standard InChI is InChI=1S/C9H14O/c1-5-8(10)7-9(3,4)6-2/h1,6,8,10H,2,7H2,3-4H3. The highest BCUT2D eigenvalue weighted by molar-refractivity contribution is 4.99. The van der Waals surface area contributed by atoms with Crippen LogP contribution in [0.5, 0.6) is 0 Å². The zero-order valence-electron chi connectivity index (χ0n) is 6.59. The predicted molar refractivity (Wildman–Crippen MR) is 43.4 cm³/mol. The SMILES string of the molecule is C#CC(O)CC(C)(C)C=C. The first-order valence-corrected chi connectivity index (χ1v) is 3.29. The summed E-state index contributed by atoms with van der Waals surface area (Å²) in [6.07, 6.45) is 6.73. The van der Waals surface area contributed by atoms with Gasteiger partial charge in [-0.2, -0.15) is 0 Å². The van der Waals surface area contributed by atoms with Gasteiger partial charge in [-0.1, -0.05) is 25.8 Å². The maximum Gasteiger partial charge on any atom is 0.115 e. The predicted octanol–water partition coefficient (Wildman–Crippen LogP) is 1.58. The molecule has 0 radical (unpaired) electrons. The highest BCUT2D eigenvalue weighted by atomic mass is 16.3. The minimum Gasteiger partial charge on any atom is -0.380 e. The van der Waals surface area contributed by atoms with E-state index in [-0.39, 0.29) is 5.41 Å². The van der Waals surface area contributed by atoms with Crippen molar-refractivity contribution in [3.05, 3.63) is 12.7 Å². The molecule has 0 aliphatic heterocycles. The van der Waals surface area contributed by atoms with Crippen LogP contribution in [0, 0.1) is 17.8 Å². The maximum atomic E-state index is 9.04. The normalized spacial score (nSPS) is 13.8. The molecule has 0 bridgehead atoms. The van der Waals surface area contributed by atoms with E-state index in [4.69, 9.17) is 11.5 Å². The molecule has 0 saturated heterocycles. The van der Waals surface area contributed by atoms with E-state index in [0.29, 0.717) is 6.42 Å². The highest BCUT2D eigenvalue weighted by Gasteiger charge is 2.16. The Morgan fingerprint density at radius 1 is 1.80 bits per heavy atom. The van der Waals surface area contributed by atoms with Crippen molar-refractivity contribution in [1.29, 1.82) is 0 Å². The summed E-state index contributed by atoms with van der Waals surface area (Å²) in [7, 11) is 0. The average Bonchev–Trinajstić information content (AvgIpc) is 1.87. The molecular formula is C9H14O. The molecule has 0 aromatic heterocycles. The second kappa shape index (κ2) is 3.43. The van der Waals surface area contributed by atoms with Crippen molar-refractivity contribution >= 4 is 0 Å². The van der Waals surface area contributed by atoms with Crippen LogP contribution < -0.4 is 0 Å². The minimum absolute atomic E-state index is 0.0637.